The van der Waals surface area contributed by atoms with E-state index < -0.39 is 35.8 Å². The smallest absolute Gasteiger partial charge is 0.404 e. The molecule has 1 aliphatic heterocycles. The highest BCUT2D eigenvalue weighted by molar-refractivity contribution is 5.96. The molecule has 0 unspecified atom stereocenters. The summed E-state index contributed by atoms with van der Waals surface area (Å²) in [6.07, 6.45) is -0.383. The van der Waals surface area contributed by atoms with Gasteiger partial charge in [-0.3, -0.25) is 9.59 Å². The molecule has 0 aliphatic carbocycles. The molecule has 8 nitrogen and oxygen atoms in total. The summed E-state index contributed by atoms with van der Waals surface area (Å²) in [5, 5.41) is 11.6. The van der Waals surface area contributed by atoms with Gasteiger partial charge >= 0.3 is 18.0 Å². The molecule has 0 spiro atoms. The van der Waals surface area contributed by atoms with Crippen LogP contribution in [0, 0.1) is 5.92 Å². The summed E-state index contributed by atoms with van der Waals surface area (Å²) < 4.78 is 16.0. The fourth-order valence-electron chi connectivity index (χ4n) is 3.49. The van der Waals surface area contributed by atoms with E-state index in [2.05, 4.69) is 5.32 Å². The van der Waals surface area contributed by atoms with Gasteiger partial charge in [0.15, 0.2) is 5.92 Å². The van der Waals surface area contributed by atoms with E-state index in [9.17, 15) is 19.5 Å². The van der Waals surface area contributed by atoms with E-state index in [1.165, 1.54) is 13.8 Å². The molecule has 1 aliphatic rings. The zero-order valence-corrected chi connectivity index (χ0v) is 18.1. The van der Waals surface area contributed by atoms with E-state index in [4.69, 9.17) is 14.2 Å². The lowest BCUT2D eigenvalue weighted by atomic mass is 9.95. The molecule has 1 amide bonds. The number of rotatable bonds is 9. The van der Waals surface area contributed by atoms with E-state index in [0.29, 0.717) is 18.8 Å². The summed E-state index contributed by atoms with van der Waals surface area (Å²) in [7, 11) is 0. The third-order valence-electron chi connectivity index (χ3n) is 5.05. The van der Waals surface area contributed by atoms with Gasteiger partial charge in [0.25, 0.3) is 5.79 Å². The van der Waals surface area contributed by atoms with Crippen LogP contribution in [0.1, 0.15) is 37.8 Å². The molecule has 0 saturated carbocycles. The van der Waals surface area contributed by atoms with E-state index in [1.807, 2.05) is 54.6 Å². The largest absolute Gasteiger partial charge is 0.489 e. The summed E-state index contributed by atoms with van der Waals surface area (Å²) in [6, 6.07) is 16.7. The second kappa shape index (κ2) is 10.2. The lowest BCUT2D eigenvalue weighted by Gasteiger charge is -2.33. The molecule has 2 aromatic rings. The number of carboxylic acid groups (broad SMARTS) is 1. The minimum atomic E-state index is -1.28. The van der Waals surface area contributed by atoms with E-state index >= 15 is 0 Å². The molecule has 1 heterocycles. The van der Waals surface area contributed by atoms with Gasteiger partial charge in [0.1, 0.15) is 12.4 Å². The Bertz CT molecular complexity index is 921. The summed E-state index contributed by atoms with van der Waals surface area (Å²) >= 11 is 0. The maximum Gasteiger partial charge on any atom is 0.404 e. The molecule has 0 radical (unpaired) electrons. The van der Waals surface area contributed by atoms with Crippen molar-refractivity contribution in [2.24, 2.45) is 5.92 Å². The Balaban J connectivity index is 1.56. The summed E-state index contributed by atoms with van der Waals surface area (Å²) in [5.74, 6) is -2.95. The minimum Gasteiger partial charge on any atom is -0.489 e. The molecule has 1 atom stereocenters. The molecule has 0 aromatic heterocycles. The Kier molecular flexibility index (Phi) is 7.35. The van der Waals surface area contributed by atoms with Crippen molar-refractivity contribution in [2.45, 2.75) is 51.5 Å². The van der Waals surface area contributed by atoms with Crippen molar-refractivity contribution >= 4 is 18.0 Å². The predicted octanol–water partition coefficient (Wildman–Crippen LogP) is 3.68. The average molecular weight is 441 g/mol. The Labute approximate surface area is 186 Å². The van der Waals surface area contributed by atoms with Crippen LogP contribution in [0.2, 0.25) is 0 Å². The van der Waals surface area contributed by atoms with Crippen LogP contribution in [0.15, 0.2) is 54.6 Å². The maximum atomic E-state index is 12.1. The summed E-state index contributed by atoms with van der Waals surface area (Å²) in [4.78, 5) is 35.5. The molecular formula is C24H27NO7. The van der Waals surface area contributed by atoms with Crippen molar-refractivity contribution in [1.82, 2.24) is 5.32 Å². The van der Waals surface area contributed by atoms with Gasteiger partial charge in [0.2, 0.25) is 0 Å². The first-order valence-corrected chi connectivity index (χ1v) is 10.4. The molecule has 170 valence electrons. The Morgan fingerprint density at radius 1 is 1.03 bits per heavy atom. The fourth-order valence-corrected chi connectivity index (χ4v) is 3.49. The van der Waals surface area contributed by atoms with Crippen molar-refractivity contribution in [3.8, 4) is 5.75 Å². The van der Waals surface area contributed by atoms with Gasteiger partial charge in [-0.15, -0.1) is 0 Å². The normalized spacial score (nSPS) is 16.6. The van der Waals surface area contributed by atoms with Gasteiger partial charge in [-0.25, -0.2) is 4.79 Å². The molecule has 2 aromatic carbocycles. The average Bonchev–Trinajstić information content (AvgIpc) is 2.72. The minimum absolute atomic E-state index is 0.122. The highest BCUT2D eigenvalue weighted by atomic mass is 16.7. The molecule has 8 heteroatoms. The van der Waals surface area contributed by atoms with Crippen LogP contribution < -0.4 is 10.1 Å². The molecular weight excluding hydrogens is 414 g/mol. The Morgan fingerprint density at radius 2 is 1.66 bits per heavy atom. The topological polar surface area (TPSA) is 111 Å². The quantitative estimate of drug-likeness (QED) is 0.451. The number of ether oxygens (including phenoxy) is 3. The van der Waals surface area contributed by atoms with Crippen molar-refractivity contribution in [3.63, 3.8) is 0 Å². The third-order valence-corrected chi connectivity index (χ3v) is 5.05. The Hall–Kier alpha value is -3.55. The second-order valence-corrected chi connectivity index (χ2v) is 8.14. The van der Waals surface area contributed by atoms with Crippen molar-refractivity contribution < 1.29 is 33.7 Å². The first-order chi connectivity index (χ1) is 15.2. The predicted molar refractivity (Wildman–Crippen MR) is 115 cm³/mol. The standard InChI is InChI=1S/C24H27NO7/c1-24(2)31-21(26)20(22(27)32-24)13-10-18(25-23(28)29)14-16-8-11-19(12-9-16)30-15-17-6-4-3-5-7-17/h3-9,11-12,18,20,25H,10,13-15H2,1-2H3,(H,28,29)/t18-/m1/s1. The van der Waals surface area contributed by atoms with Crippen LogP contribution in [0.3, 0.4) is 0 Å². The number of hydrogen-bond donors (Lipinski definition) is 2. The van der Waals surface area contributed by atoms with Gasteiger partial charge in [0, 0.05) is 19.9 Å². The summed E-state index contributed by atoms with van der Waals surface area (Å²) in [5.41, 5.74) is 1.95. The number of amides is 1. The van der Waals surface area contributed by atoms with Crippen LogP contribution in [-0.2, 0) is 32.1 Å². The van der Waals surface area contributed by atoms with E-state index in [1.54, 1.807) is 0 Å². The molecule has 0 bridgehead atoms. The van der Waals surface area contributed by atoms with Crippen LogP contribution in [-0.4, -0.2) is 35.0 Å². The fraction of sp³-hybridized carbons (Fsp3) is 0.375. The van der Waals surface area contributed by atoms with E-state index in [0.717, 1.165) is 11.1 Å². The monoisotopic (exact) mass is 441 g/mol. The lowest BCUT2D eigenvalue weighted by Crippen LogP contribution is -2.47. The van der Waals surface area contributed by atoms with Gasteiger partial charge in [0.05, 0.1) is 0 Å². The number of benzene rings is 2. The van der Waals surface area contributed by atoms with Crippen LogP contribution in [0.5, 0.6) is 5.75 Å². The molecule has 32 heavy (non-hydrogen) atoms. The Morgan fingerprint density at radius 3 is 2.25 bits per heavy atom. The zero-order valence-electron chi connectivity index (χ0n) is 18.1. The number of nitrogens with one attached hydrogen (secondary N) is 1. The summed E-state index contributed by atoms with van der Waals surface area (Å²) in [6.45, 7) is 3.43. The number of cyclic esters (lactones) is 2. The van der Waals surface area contributed by atoms with Crippen molar-refractivity contribution in [2.75, 3.05) is 0 Å². The SMILES string of the molecule is CC1(C)OC(=O)C(CC[C@H](Cc2ccc(OCc3ccccc3)cc2)NC(=O)O)C(=O)O1. The van der Waals surface area contributed by atoms with Crippen molar-refractivity contribution in [3.05, 3.63) is 65.7 Å². The zero-order chi connectivity index (χ0) is 23.1. The third kappa shape index (κ3) is 6.73. The highest BCUT2D eigenvalue weighted by Crippen LogP contribution is 2.26. The van der Waals surface area contributed by atoms with Gasteiger partial charge < -0.3 is 24.6 Å². The van der Waals surface area contributed by atoms with Gasteiger partial charge in [-0.05, 0) is 42.5 Å². The van der Waals surface area contributed by atoms with Crippen LogP contribution in [0.25, 0.3) is 0 Å². The van der Waals surface area contributed by atoms with Crippen LogP contribution in [0.4, 0.5) is 4.79 Å². The number of carbonyl (C=O) groups is 3. The molecule has 1 saturated heterocycles. The lowest BCUT2D eigenvalue weighted by molar-refractivity contribution is -0.240. The first kappa shape index (κ1) is 23.1. The van der Waals surface area contributed by atoms with Crippen LogP contribution >= 0.6 is 0 Å². The van der Waals surface area contributed by atoms with E-state index in [-0.39, 0.29) is 12.8 Å². The number of esters is 2. The van der Waals surface area contributed by atoms with Gasteiger partial charge in [-0.2, -0.15) is 0 Å². The first-order valence-electron chi connectivity index (χ1n) is 10.4. The molecule has 1 fully saturated rings. The number of carbonyl (C=O) groups excluding carboxylic acids is 2. The highest BCUT2D eigenvalue weighted by Gasteiger charge is 2.43. The van der Waals surface area contributed by atoms with Gasteiger partial charge in [-0.1, -0.05) is 42.5 Å². The number of hydrogen-bond acceptors (Lipinski definition) is 6. The maximum absolute atomic E-state index is 12.1. The second-order valence-electron chi connectivity index (χ2n) is 8.14. The van der Waals surface area contributed by atoms with Crippen molar-refractivity contribution in [1.29, 1.82) is 0 Å². The molecule has 3 rings (SSSR count). The molecule has 2 N–H and O–H groups in total.